The Hall–Kier alpha value is -1.10. The molecule has 1 fully saturated rings. The van der Waals surface area contributed by atoms with Crippen molar-refractivity contribution < 1.29 is 9.26 Å². The predicted molar refractivity (Wildman–Crippen MR) is 76.4 cm³/mol. The molecule has 6 heteroatoms. The molecular formula is C14H14Cl2N2O2. The lowest BCUT2D eigenvalue weighted by Crippen LogP contribution is -1.96. The van der Waals surface area contributed by atoms with E-state index in [-0.39, 0.29) is 5.92 Å². The highest BCUT2D eigenvalue weighted by Crippen LogP contribution is 2.54. The largest absolute Gasteiger partial charge is 0.384 e. The Morgan fingerprint density at radius 2 is 2.00 bits per heavy atom. The van der Waals surface area contributed by atoms with Crippen molar-refractivity contribution in [2.24, 2.45) is 0 Å². The molecule has 0 radical (unpaired) electrons. The predicted octanol–water partition coefficient (Wildman–Crippen LogP) is 3.84. The summed E-state index contributed by atoms with van der Waals surface area (Å²) in [6.45, 7) is 0.594. The smallest absolute Gasteiger partial charge is 0.230 e. The molecule has 2 aromatic rings. The molecule has 0 spiro atoms. The van der Waals surface area contributed by atoms with Crippen LogP contribution in [0.2, 0.25) is 10.0 Å². The van der Waals surface area contributed by atoms with Crippen LogP contribution in [0.4, 0.5) is 0 Å². The summed E-state index contributed by atoms with van der Waals surface area (Å²) in [5.74, 6) is 2.02. The molecule has 0 aliphatic heterocycles. The fourth-order valence-corrected chi connectivity index (χ4v) is 2.88. The number of rotatable bonds is 5. The van der Waals surface area contributed by atoms with E-state index in [1.807, 2.05) is 12.1 Å². The quantitative estimate of drug-likeness (QED) is 0.841. The minimum Gasteiger partial charge on any atom is -0.384 e. The lowest BCUT2D eigenvalue weighted by atomic mass is 10.1. The van der Waals surface area contributed by atoms with Gasteiger partial charge in [0.15, 0.2) is 5.82 Å². The molecule has 1 aliphatic rings. The van der Waals surface area contributed by atoms with Gasteiger partial charge < -0.3 is 9.26 Å². The summed E-state index contributed by atoms with van der Waals surface area (Å²) in [4.78, 5) is 4.41. The highest BCUT2D eigenvalue weighted by Gasteiger charge is 2.43. The lowest BCUT2D eigenvalue weighted by Gasteiger charge is -2.01. The maximum absolute atomic E-state index is 6.03. The van der Waals surface area contributed by atoms with Gasteiger partial charge in [0.25, 0.3) is 0 Å². The Morgan fingerprint density at radius 3 is 2.70 bits per heavy atom. The second-order valence-corrected chi connectivity index (χ2v) is 5.82. The number of ether oxygens (including phenoxy) is 1. The number of nitrogens with zero attached hydrogens (tertiary/aromatic N) is 2. The van der Waals surface area contributed by atoms with Crippen molar-refractivity contribution in [2.75, 3.05) is 13.7 Å². The van der Waals surface area contributed by atoms with E-state index in [1.54, 1.807) is 13.2 Å². The SMILES string of the molecule is COCCc1noc([C@@H]2C[C@H]2c2cc(Cl)cc(Cl)c2)n1. The van der Waals surface area contributed by atoms with Gasteiger partial charge in [0.1, 0.15) is 0 Å². The summed E-state index contributed by atoms with van der Waals surface area (Å²) < 4.78 is 10.3. The molecule has 1 aromatic heterocycles. The molecule has 1 saturated carbocycles. The van der Waals surface area contributed by atoms with Gasteiger partial charge in [0.05, 0.1) is 6.61 Å². The Balaban J connectivity index is 1.70. The van der Waals surface area contributed by atoms with Crippen molar-refractivity contribution in [1.29, 1.82) is 0 Å². The summed E-state index contributed by atoms with van der Waals surface area (Å²) in [6, 6.07) is 5.63. The summed E-state index contributed by atoms with van der Waals surface area (Å²) in [7, 11) is 1.65. The van der Waals surface area contributed by atoms with Crippen molar-refractivity contribution in [3.8, 4) is 0 Å². The van der Waals surface area contributed by atoms with Crippen LogP contribution in [0.5, 0.6) is 0 Å². The van der Waals surface area contributed by atoms with E-state index in [0.717, 1.165) is 12.0 Å². The van der Waals surface area contributed by atoms with E-state index in [2.05, 4.69) is 10.1 Å². The van der Waals surface area contributed by atoms with Crippen molar-refractivity contribution in [3.05, 3.63) is 45.5 Å². The van der Waals surface area contributed by atoms with Crippen LogP contribution in [0.3, 0.4) is 0 Å². The van der Waals surface area contributed by atoms with Crippen LogP contribution in [-0.2, 0) is 11.2 Å². The van der Waals surface area contributed by atoms with Gasteiger partial charge in [0.2, 0.25) is 5.89 Å². The number of hydrogen-bond donors (Lipinski definition) is 0. The molecule has 1 aliphatic carbocycles. The molecule has 4 nitrogen and oxygen atoms in total. The van der Waals surface area contributed by atoms with E-state index in [4.69, 9.17) is 32.5 Å². The molecule has 20 heavy (non-hydrogen) atoms. The minimum absolute atomic E-state index is 0.272. The number of halogens is 2. The Bertz CT molecular complexity index is 595. The second kappa shape index (κ2) is 5.72. The van der Waals surface area contributed by atoms with Gasteiger partial charge in [-0.1, -0.05) is 28.4 Å². The van der Waals surface area contributed by atoms with E-state index >= 15 is 0 Å². The normalized spacial score (nSPS) is 21.1. The highest BCUT2D eigenvalue weighted by atomic mass is 35.5. The standard InChI is InChI=1S/C14H14Cl2N2O2/c1-19-3-2-13-17-14(20-18-13)12-7-11(12)8-4-9(15)6-10(16)5-8/h4-6,11-12H,2-3,7H2,1H3/t11-,12+/m0/s1. The van der Waals surface area contributed by atoms with Crippen molar-refractivity contribution in [3.63, 3.8) is 0 Å². The van der Waals surface area contributed by atoms with Crippen LogP contribution in [0.25, 0.3) is 0 Å². The third kappa shape index (κ3) is 2.97. The van der Waals surface area contributed by atoms with Gasteiger partial charge >= 0.3 is 0 Å². The molecule has 2 atom stereocenters. The molecule has 0 saturated heterocycles. The molecule has 0 unspecified atom stereocenters. The molecule has 0 amide bonds. The third-order valence-corrected chi connectivity index (χ3v) is 3.87. The van der Waals surface area contributed by atoms with Crippen LogP contribution >= 0.6 is 23.2 Å². The van der Waals surface area contributed by atoms with Crippen LogP contribution in [-0.4, -0.2) is 23.9 Å². The zero-order valence-electron chi connectivity index (χ0n) is 11.0. The molecule has 106 valence electrons. The van der Waals surface area contributed by atoms with E-state index in [1.165, 1.54) is 0 Å². The average molecular weight is 313 g/mol. The van der Waals surface area contributed by atoms with Crippen LogP contribution in [0.1, 0.15) is 35.5 Å². The lowest BCUT2D eigenvalue weighted by molar-refractivity contribution is 0.199. The van der Waals surface area contributed by atoms with Gasteiger partial charge in [-0.15, -0.1) is 0 Å². The fraction of sp³-hybridized carbons (Fsp3) is 0.429. The molecule has 0 N–H and O–H groups in total. The topological polar surface area (TPSA) is 48.2 Å². The van der Waals surface area contributed by atoms with Gasteiger partial charge in [-0.3, -0.25) is 0 Å². The number of benzene rings is 1. The molecule has 3 rings (SSSR count). The van der Waals surface area contributed by atoms with Crippen molar-refractivity contribution in [1.82, 2.24) is 10.1 Å². The van der Waals surface area contributed by atoms with Crippen LogP contribution in [0, 0.1) is 0 Å². The summed E-state index contributed by atoms with van der Waals surface area (Å²) in [6.07, 6.45) is 1.66. The third-order valence-electron chi connectivity index (χ3n) is 3.43. The van der Waals surface area contributed by atoms with Crippen molar-refractivity contribution in [2.45, 2.75) is 24.7 Å². The monoisotopic (exact) mass is 312 g/mol. The first kappa shape index (κ1) is 13.9. The first-order chi connectivity index (χ1) is 9.67. The maximum Gasteiger partial charge on any atom is 0.230 e. The van der Waals surface area contributed by atoms with E-state index < -0.39 is 0 Å². The van der Waals surface area contributed by atoms with Crippen LogP contribution in [0.15, 0.2) is 22.7 Å². The molecule has 1 heterocycles. The summed E-state index contributed by atoms with van der Waals surface area (Å²) in [5.41, 5.74) is 1.13. The first-order valence-electron chi connectivity index (χ1n) is 6.45. The Labute approximate surface area is 127 Å². The van der Waals surface area contributed by atoms with Gasteiger partial charge in [-0.2, -0.15) is 4.98 Å². The average Bonchev–Trinajstić information content (AvgIpc) is 3.07. The van der Waals surface area contributed by atoms with Gasteiger partial charge in [-0.25, -0.2) is 0 Å². The highest BCUT2D eigenvalue weighted by molar-refractivity contribution is 6.34. The Morgan fingerprint density at radius 1 is 1.25 bits per heavy atom. The number of hydrogen-bond acceptors (Lipinski definition) is 4. The van der Waals surface area contributed by atoms with Gasteiger partial charge in [-0.05, 0) is 36.1 Å². The molecular weight excluding hydrogens is 299 g/mol. The van der Waals surface area contributed by atoms with Crippen LogP contribution < -0.4 is 0 Å². The zero-order valence-corrected chi connectivity index (χ0v) is 12.5. The van der Waals surface area contributed by atoms with Gasteiger partial charge in [0, 0.05) is 29.5 Å². The summed E-state index contributed by atoms with van der Waals surface area (Å²) in [5, 5.41) is 5.27. The maximum atomic E-state index is 6.03. The number of methoxy groups -OCH3 is 1. The molecule has 1 aromatic carbocycles. The number of aromatic nitrogens is 2. The minimum atomic E-state index is 0.272. The van der Waals surface area contributed by atoms with E-state index in [0.29, 0.717) is 40.7 Å². The zero-order chi connectivity index (χ0) is 14.1. The Kier molecular flexibility index (Phi) is 3.96. The molecule has 0 bridgehead atoms. The second-order valence-electron chi connectivity index (χ2n) is 4.94. The summed E-state index contributed by atoms with van der Waals surface area (Å²) >= 11 is 12.1. The first-order valence-corrected chi connectivity index (χ1v) is 7.20. The fourth-order valence-electron chi connectivity index (χ4n) is 2.34. The van der Waals surface area contributed by atoms with Crippen molar-refractivity contribution >= 4 is 23.2 Å². The van der Waals surface area contributed by atoms with E-state index in [9.17, 15) is 0 Å².